The largest absolute Gasteiger partial charge is 0.354 e. The topological polar surface area (TPSA) is 58.3 Å². The van der Waals surface area contributed by atoms with Gasteiger partial charge in [0, 0.05) is 55.4 Å². The SMILES string of the molecule is CC(C)N1CCN(c2ccc(-c3noc(-c4ccc(CCl)cc4)n3)cn2)CC1.Cl. The first kappa shape index (κ1) is 21.6. The molecule has 1 saturated heterocycles. The Morgan fingerprint density at radius 1 is 1.00 bits per heavy atom. The fourth-order valence-electron chi connectivity index (χ4n) is 3.37. The Hall–Kier alpha value is -2.15. The predicted molar refractivity (Wildman–Crippen MR) is 119 cm³/mol. The first-order valence-corrected chi connectivity index (χ1v) is 10.1. The minimum atomic E-state index is 0. The Balaban J connectivity index is 0.00000240. The van der Waals surface area contributed by atoms with Gasteiger partial charge in [-0.3, -0.25) is 4.90 Å². The van der Waals surface area contributed by atoms with Crippen LogP contribution in [0.15, 0.2) is 47.1 Å². The van der Waals surface area contributed by atoms with Crippen LogP contribution >= 0.6 is 24.0 Å². The van der Waals surface area contributed by atoms with E-state index in [1.165, 1.54) is 0 Å². The minimum absolute atomic E-state index is 0. The second kappa shape index (κ2) is 9.57. The summed E-state index contributed by atoms with van der Waals surface area (Å²) < 4.78 is 5.42. The van der Waals surface area contributed by atoms with Crippen molar-refractivity contribution in [2.75, 3.05) is 31.1 Å². The Kier molecular flexibility index (Phi) is 7.11. The molecule has 6 nitrogen and oxygen atoms in total. The van der Waals surface area contributed by atoms with Gasteiger partial charge < -0.3 is 9.42 Å². The van der Waals surface area contributed by atoms with Crippen LogP contribution in [0.4, 0.5) is 5.82 Å². The van der Waals surface area contributed by atoms with Gasteiger partial charge in [-0.25, -0.2) is 4.98 Å². The number of pyridine rings is 1. The fourth-order valence-corrected chi connectivity index (χ4v) is 3.55. The summed E-state index contributed by atoms with van der Waals surface area (Å²) in [6.45, 7) is 8.61. The average Bonchev–Trinajstić information content (AvgIpc) is 3.24. The molecular formula is C21H25Cl2N5O. The van der Waals surface area contributed by atoms with E-state index in [1.54, 1.807) is 0 Å². The van der Waals surface area contributed by atoms with Gasteiger partial charge in [0.2, 0.25) is 5.82 Å². The maximum Gasteiger partial charge on any atom is 0.258 e. The Morgan fingerprint density at radius 2 is 1.69 bits per heavy atom. The summed E-state index contributed by atoms with van der Waals surface area (Å²) in [5.41, 5.74) is 2.77. The summed E-state index contributed by atoms with van der Waals surface area (Å²) in [5.74, 6) is 2.51. The van der Waals surface area contributed by atoms with E-state index >= 15 is 0 Å². The molecule has 4 rings (SSSR count). The molecule has 1 aliphatic heterocycles. The van der Waals surface area contributed by atoms with Crippen LogP contribution in [0.2, 0.25) is 0 Å². The van der Waals surface area contributed by atoms with Gasteiger partial charge in [0.15, 0.2) is 0 Å². The van der Waals surface area contributed by atoms with Crippen molar-refractivity contribution in [3.8, 4) is 22.8 Å². The van der Waals surface area contributed by atoms with Crippen molar-refractivity contribution in [1.82, 2.24) is 20.0 Å². The monoisotopic (exact) mass is 433 g/mol. The normalized spacial score (nSPS) is 14.8. The highest BCUT2D eigenvalue weighted by atomic mass is 35.5. The van der Waals surface area contributed by atoms with Crippen molar-refractivity contribution < 1.29 is 4.52 Å². The maximum atomic E-state index is 5.83. The van der Waals surface area contributed by atoms with Gasteiger partial charge in [-0.2, -0.15) is 4.98 Å². The maximum absolute atomic E-state index is 5.83. The van der Waals surface area contributed by atoms with E-state index in [-0.39, 0.29) is 12.4 Å². The van der Waals surface area contributed by atoms with Crippen LogP contribution in [0.3, 0.4) is 0 Å². The summed E-state index contributed by atoms with van der Waals surface area (Å²) in [6, 6.07) is 12.4. The van der Waals surface area contributed by atoms with Gasteiger partial charge in [-0.05, 0) is 43.7 Å². The van der Waals surface area contributed by atoms with Gasteiger partial charge in [0.1, 0.15) is 5.82 Å². The van der Waals surface area contributed by atoms with E-state index in [0.717, 1.165) is 48.7 Å². The number of aromatic nitrogens is 3. The average molecular weight is 434 g/mol. The second-order valence-corrected chi connectivity index (χ2v) is 7.54. The summed E-state index contributed by atoms with van der Waals surface area (Å²) in [5, 5.41) is 4.10. The predicted octanol–water partition coefficient (Wildman–Crippen LogP) is 4.49. The standard InChI is InChI=1S/C21H24ClN5O.ClH/c1-15(2)26-9-11-27(12-10-26)19-8-7-18(14-23-19)20-24-21(28-25-20)17-5-3-16(13-22)4-6-17;/h3-8,14-15H,9-13H2,1-2H3;1H. The molecule has 0 amide bonds. The molecule has 0 bridgehead atoms. The molecule has 1 aliphatic rings. The number of piperazine rings is 1. The molecule has 0 radical (unpaired) electrons. The molecule has 0 unspecified atom stereocenters. The molecule has 0 aliphatic carbocycles. The van der Waals surface area contributed by atoms with E-state index in [1.807, 2.05) is 42.6 Å². The van der Waals surface area contributed by atoms with Gasteiger partial charge in [0.25, 0.3) is 5.89 Å². The molecule has 29 heavy (non-hydrogen) atoms. The van der Waals surface area contributed by atoms with Crippen LogP contribution in [-0.4, -0.2) is 52.2 Å². The zero-order valence-electron chi connectivity index (χ0n) is 16.6. The number of benzene rings is 1. The molecule has 0 N–H and O–H groups in total. The molecule has 0 atom stereocenters. The number of halogens is 2. The van der Waals surface area contributed by atoms with E-state index in [4.69, 9.17) is 16.1 Å². The van der Waals surface area contributed by atoms with Gasteiger partial charge in [-0.1, -0.05) is 17.3 Å². The van der Waals surface area contributed by atoms with Crippen molar-refractivity contribution in [2.45, 2.75) is 25.8 Å². The molecule has 0 spiro atoms. The Labute approximate surface area is 182 Å². The van der Waals surface area contributed by atoms with Crippen molar-refractivity contribution in [3.63, 3.8) is 0 Å². The van der Waals surface area contributed by atoms with Crippen molar-refractivity contribution in [3.05, 3.63) is 48.2 Å². The molecule has 0 saturated carbocycles. The molecule has 1 aromatic carbocycles. The summed E-state index contributed by atoms with van der Waals surface area (Å²) in [6.07, 6.45) is 1.81. The second-order valence-electron chi connectivity index (χ2n) is 7.28. The number of anilines is 1. The van der Waals surface area contributed by atoms with E-state index in [9.17, 15) is 0 Å². The molecule has 1 fully saturated rings. The lowest BCUT2D eigenvalue weighted by Gasteiger charge is -2.37. The third kappa shape index (κ3) is 4.89. The minimum Gasteiger partial charge on any atom is -0.354 e. The summed E-state index contributed by atoms with van der Waals surface area (Å²) >= 11 is 5.83. The Morgan fingerprint density at radius 3 is 2.28 bits per heavy atom. The van der Waals surface area contributed by atoms with Crippen LogP contribution in [-0.2, 0) is 5.88 Å². The van der Waals surface area contributed by atoms with Crippen LogP contribution < -0.4 is 4.90 Å². The smallest absolute Gasteiger partial charge is 0.258 e. The lowest BCUT2D eigenvalue weighted by atomic mass is 10.1. The highest BCUT2D eigenvalue weighted by molar-refractivity contribution is 6.17. The van der Waals surface area contributed by atoms with Gasteiger partial charge in [0.05, 0.1) is 0 Å². The van der Waals surface area contributed by atoms with Crippen LogP contribution in [0.25, 0.3) is 22.8 Å². The van der Waals surface area contributed by atoms with E-state index in [0.29, 0.717) is 23.6 Å². The lowest BCUT2D eigenvalue weighted by molar-refractivity contribution is 0.209. The number of alkyl halides is 1. The zero-order chi connectivity index (χ0) is 19.5. The number of nitrogens with zero attached hydrogens (tertiary/aromatic N) is 5. The highest BCUT2D eigenvalue weighted by Crippen LogP contribution is 2.24. The van der Waals surface area contributed by atoms with Crippen molar-refractivity contribution in [2.24, 2.45) is 0 Å². The number of rotatable bonds is 5. The van der Waals surface area contributed by atoms with Crippen LogP contribution in [0.1, 0.15) is 19.4 Å². The number of hydrogen-bond acceptors (Lipinski definition) is 6. The molecule has 3 aromatic rings. The molecule has 2 aromatic heterocycles. The summed E-state index contributed by atoms with van der Waals surface area (Å²) in [7, 11) is 0. The molecular weight excluding hydrogens is 409 g/mol. The van der Waals surface area contributed by atoms with E-state index < -0.39 is 0 Å². The Bertz CT molecular complexity index is 904. The zero-order valence-corrected chi connectivity index (χ0v) is 18.2. The molecule has 3 heterocycles. The van der Waals surface area contributed by atoms with Crippen LogP contribution in [0.5, 0.6) is 0 Å². The quantitative estimate of drug-likeness (QED) is 0.552. The van der Waals surface area contributed by atoms with Gasteiger partial charge in [-0.15, -0.1) is 24.0 Å². The highest BCUT2D eigenvalue weighted by Gasteiger charge is 2.20. The first-order chi connectivity index (χ1) is 13.6. The number of hydrogen-bond donors (Lipinski definition) is 0. The lowest BCUT2D eigenvalue weighted by Crippen LogP contribution is -2.49. The molecule has 154 valence electrons. The van der Waals surface area contributed by atoms with Crippen LogP contribution in [0, 0.1) is 0 Å². The fraction of sp³-hybridized carbons (Fsp3) is 0.381. The first-order valence-electron chi connectivity index (χ1n) is 9.58. The third-order valence-electron chi connectivity index (χ3n) is 5.16. The van der Waals surface area contributed by atoms with E-state index in [2.05, 4.69) is 38.8 Å². The van der Waals surface area contributed by atoms with Gasteiger partial charge >= 0.3 is 0 Å². The van der Waals surface area contributed by atoms with Crippen molar-refractivity contribution >= 4 is 29.8 Å². The summed E-state index contributed by atoms with van der Waals surface area (Å²) in [4.78, 5) is 13.9. The molecule has 8 heteroatoms. The third-order valence-corrected chi connectivity index (χ3v) is 5.46. The van der Waals surface area contributed by atoms with Crippen molar-refractivity contribution in [1.29, 1.82) is 0 Å².